The van der Waals surface area contributed by atoms with E-state index in [9.17, 15) is 13.2 Å². The van der Waals surface area contributed by atoms with Crippen molar-refractivity contribution in [3.8, 4) is 0 Å². The molecule has 3 aromatic carbocycles. The standard InChI is InChI=1S/C27H22ClN5O3S2/c28-23-8-1-2-9-24(23)29-17-15-25(34)19-6-5-7-21(18-19)32-27(37)31-20-11-13-22(14-12-20)38(35,36)33-26-10-3-4-16-30-26/h1-18,29H,(H,30,33)(H2,31,32,37)/b17-15+. The van der Waals surface area contributed by atoms with E-state index in [4.69, 9.17) is 23.8 Å². The number of hydrogen-bond donors (Lipinski definition) is 4. The largest absolute Gasteiger partial charge is 0.360 e. The summed E-state index contributed by atoms with van der Waals surface area (Å²) < 4.78 is 27.6. The Labute approximate surface area is 230 Å². The number of pyridine rings is 1. The maximum atomic E-state index is 12.6. The van der Waals surface area contributed by atoms with E-state index in [0.29, 0.717) is 27.6 Å². The first-order valence-corrected chi connectivity index (χ1v) is 13.5. The second-order valence-electron chi connectivity index (χ2n) is 7.83. The fourth-order valence-electron chi connectivity index (χ4n) is 3.26. The fraction of sp³-hybridized carbons (Fsp3) is 0. The van der Waals surface area contributed by atoms with Crippen molar-refractivity contribution < 1.29 is 13.2 Å². The van der Waals surface area contributed by atoms with Crippen molar-refractivity contribution in [3.63, 3.8) is 0 Å². The summed E-state index contributed by atoms with van der Waals surface area (Å²) in [5.41, 5.74) is 2.35. The molecule has 0 atom stereocenters. The third kappa shape index (κ3) is 7.39. The van der Waals surface area contributed by atoms with Crippen LogP contribution < -0.4 is 20.7 Å². The van der Waals surface area contributed by atoms with Crippen molar-refractivity contribution in [2.75, 3.05) is 20.7 Å². The predicted octanol–water partition coefficient (Wildman–Crippen LogP) is 6.15. The van der Waals surface area contributed by atoms with Crippen LogP contribution in [0.2, 0.25) is 5.02 Å². The molecule has 0 radical (unpaired) electrons. The van der Waals surface area contributed by atoms with Gasteiger partial charge in [-0.3, -0.25) is 9.52 Å². The van der Waals surface area contributed by atoms with E-state index in [1.54, 1.807) is 66.7 Å². The number of thiocarbonyl (C=S) groups is 1. The Morgan fingerprint density at radius 3 is 2.34 bits per heavy atom. The molecule has 0 aliphatic heterocycles. The van der Waals surface area contributed by atoms with Crippen molar-refractivity contribution in [2.45, 2.75) is 4.90 Å². The smallest absolute Gasteiger partial charge is 0.263 e. The Balaban J connectivity index is 1.34. The lowest BCUT2D eigenvalue weighted by Crippen LogP contribution is -2.19. The summed E-state index contributed by atoms with van der Waals surface area (Å²) in [6.07, 6.45) is 4.45. The highest BCUT2D eigenvalue weighted by molar-refractivity contribution is 7.92. The molecule has 192 valence electrons. The molecule has 4 aromatic rings. The van der Waals surface area contributed by atoms with Crippen LogP contribution in [0.5, 0.6) is 0 Å². The third-order valence-electron chi connectivity index (χ3n) is 5.08. The van der Waals surface area contributed by atoms with Gasteiger partial charge in [-0.25, -0.2) is 13.4 Å². The summed E-state index contributed by atoms with van der Waals surface area (Å²) in [5, 5.41) is 9.83. The van der Waals surface area contributed by atoms with Gasteiger partial charge in [0.2, 0.25) is 0 Å². The number of benzene rings is 3. The molecule has 4 N–H and O–H groups in total. The Kier molecular flexibility index (Phi) is 8.70. The molecule has 4 rings (SSSR count). The summed E-state index contributed by atoms with van der Waals surface area (Å²) in [7, 11) is -3.78. The number of allylic oxidation sites excluding steroid dienone is 1. The van der Waals surface area contributed by atoms with Crippen molar-refractivity contribution >= 4 is 67.6 Å². The lowest BCUT2D eigenvalue weighted by Gasteiger charge is -2.12. The molecule has 0 aliphatic carbocycles. The molecule has 0 aliphatic rings. The molecule has 38 heavy (non-hydrogen) atoms. The number of hydrogen-bond acceptors (Lipinski definition) is 6. The molecule has 1 aromatic heterocycles. The number of carbonyl (C=O) groups is 1. The van der Waals surface area contributed by atoms with Crippen LogP contribution in [0.1, 0.15) is 10.4 Å². The number of para-hydroxylation sites is 1. The van der Waals surface area contributed by atoms with Gasteiger partial charge in [-0.1, -0.05) is 41.9 Å². The minimum atomic E-state index is -3.78. The first-order chi connectivity index (χ1) is 18.3. The molecule has 0 amide bonds. The highest BCUT2D eigenvalue weighted by atomic mass is 35.5. The lowest BCUT2D eigenvalue weighted by molar-refractivity contribution is 0.104. The number of anilines is 4. The minimum absolute atomic E-state index is 0.0795. The highest BCUT2D eigenvalue weighted by Gasteiger charge is 2.14. The van der Waals surface area contributed by atoms with E-state index in [1.165, 1.54) is 30.6 Å². The van der Waals surface area contributed by atoms with E-state index >= 15 is 0 Å². The molecular formula is C27H22ClN5O3S2. The van der Waals surface area contributed by atoms with Gasteiger partial charge < -0.3 is 16.0 Å². The Morgan fingerprint density at radius 2 is 1.61 bits per heavy atom. The summed E-state index contributed by atoms with van der Waals surface area (Å²) in [5.74, 6) is 0.0244. The summed E-state index contributed by atoms with van der Waals surface area (Å²) in [4.78, 5) is 16.6. The average molecular weight is 564 g/mol. The van der Waals surface area contributed by atoms with Gasteiger partial charge in [0.1, 0.15) is 5.82 Å². The van der Waals surface area contributed by atoms with E-state index in [-0.39, 0.29) is 21.6 Å². The van der Waals surface area contributed by atoms with E-state index in [2.05, 4.69) is 25.7 Å². The predicted molar refractivity (Wildman–Crippen MR) is 156 cm³/mol. The maximum absolute atomic E-state index is 12.6. The number of aromatic nitrogens is 1. The van der Waals surface area contributed by atoms with Crippen molar-refractivity contribution in [3.05, 3.63) is 120 Å². The fourth-order valence-corrected chi connectivity index (χ4v) is 4.70. The van der Waals surface area contributed by atoms with E-state index in [0.717, 1.165) is 0 Å². The van der Waals surface area contributed by atoms with Crippen LogP contribution in [0.15, 0.2) is 114 Å². The quantitative estimate of drug-likeness (QED) is 0.109. The van der Waals surface area contributed by atoms with Gasteiger partial charge >= 0.3 is 0 Å². The van der Waals surface area contributed by atoms with Gasteiger partial charge in [-0.05, 0) is 72.9 Å². The number of rotatable bonds is 9. The SMILES string of the molecule is O=C(/C=C/Nc1ccccc1Cl)c1cccc(NC(=S)Nc2ccc(S(=O)(=O)Nc3ccccn3)cc2)c1. The first-order valence-electron chi connectivity index (χ1n) is 11.2. The zero-order valence-electron chi connectivity index (χ0n) is 19.8. The number of nitrogens with one attached hydrogen (secondary N) is 4. The molecule has 0 fully saturated rings. The number of sulfonamides is 1. The van der Waals surface area contributed by atoms with E-state index < -0.39 is 10.0 Å². The summed E-state index contributed by atoms with van der Waals surface area (Å²) in [6, 6.07) is 25.2. The average Bonchev–Trinajstić information content (AvgIpc) is 2.90. The van der Waals surface area contributed by atoms with Crippen LogP contribution in [-0.4, -0.2) is 24.3 Å². The molecule has 11 heteroatoms. The van der Waals surface area contributed by atoms with Gasteiger partial charge in [-0.2, -0.15) is 0 Å². The van der Waals surface area contributed by atoms with Gasteiger partial charge in [0.15, 0.2) is 10.9 Å². The van der Waals surface area contributed by atoms with Crippen LogP contribution in [-0.2, 0) is 10.0 Å². The monoisotopic (exact) mass is 563 g/mol. The number of halogens is 1. The van der Waals surface area contributed by atoms with Crippen LogP contribution >= 0.6 is 23.8 Å². The number of ketones is 1. The molecular weight excluding hydrogens is 542 g/mol. The third-order valence-corrected chi connectivity index (χ3v) is 6.98. The highest BCUT2D eigenvalue weighted by Crippen LogP contribution is 2.21. The van der Waals surface area contributed by atoms with Crippen LogP contribution in [0, 0.1) is 0 Å². The van der Waals surface area contributed by atoms with Crippen LogP contribution in [0.25, 0.3) is 0 Å². The normalized spacial score (nSPS) is 11.1. The zero-order valence-corrected chi connectivity index (χ0v) is 22.1. The van der Waals surface area contributed by atoms with Crippen molar-refractivity contribution in [1.29, 1.82) is 0 Å². The molecule has 0 saturated carbocycles. The second-order valence-corrected chi connectivity index (χ2v) is 10.3. The number of nitrogens with zero attached hydrogens (tertiary/aromatic N) is 1. The number of carbonyl (C=O) groups excluding carboxylic acids is 1. The zero-order chi connectivity index (χ0) is 27.0. The van der Waals surface area contributed by atoms with Gasteiger partial charge in [0.25, 0.3) is 10.0 Å². The maximum Gasteiger partial charge on any atom is 0.263 e. The Hall–Kier alpha value is -4.25. The topological polar surface area (TPSA) is 112 Å². The van der Waals surface area contributed by atoms with E-state index in [1.807, 2.05) is 12.1 Å². The Bertz CT molecular complexity index is 1580. The molecule has 1 heterocycles. The van der Waals surface area contributed by atoms with Gasteiger partial charge in [0, 0.05) is 35.4 Å². The second kappa shape index (κ2) is 12.3. The van der Waals surface area contributed by atoms with Gasteiger partial charge in [-0.15, -0.1) is 0 Å². The Morgan fingerprint density at radius 1 is 0.868 bits per heavy atom. The lowest BCUT2D eigenvalue weighted by atomic mass is 10.1. The molecule has 0 saturated heterocycles. The minimum Gasteiger partial charge on any atom is -0.360 e. The molecule has 0 bridgehead atoms. The van der Waals surface area contributed by atoms with Crippen LogP contribution in [0.4, 0.5) is 22.9 Å². The summed E-state index contributed by atoms with van der Waals surface area (Å²) >= 11 is 11.5. The molecule has 0 spiro atoms. The first kappa shape index (κ1) is 26.8. The molecule has 0 unspecified atom stereocenters. The van der Waals surface area contributed by atoms with Crippen molar-refractivity contribution in [2.24, 2.45) is 0 Å². The summed E-state index contributed by atoms with van der Waals surface area (Å²) in [6.45, 7) is 0. The van der Waals surface area contributed by atoms with Gasteiger partial charge in [0.05, 0.1) is 15.6 Å². The van der Waals surface area contributed by atoms with Crippen LogP contribution in [0.3, 0.4) is 0 Å². The molecule has 8 nitrogen and oxygen atoms in total. The van der Waals surface area contributed by atoms with Crippen molar-refractivity contribution in [1.82, 2.24) is 4.98 Å².